The number of nitrogens with zero attached hydrogens (tertiary/aromatic N) is 1. The molecule has 0 aromatic heterocycles. The lowest BCUT2D eigenvalue weighted by Gasteiger charge is -1.98. The highest BCUT2D eigenvalue weighted by Crippen LogP contribution is 2.48. The third-order valence-electron chi connectivity index (χ3n) is 2.71. The maximum absolute atomic E-state index is 8.87. The molecule has 0 spiro atoms. The van der Waals surface area contributed by atoms with Gasteiger partial charge in [0.25, 0.3) is 0 Å². The number of benzene rings is 1. The molecule has 1 fully saturated rings. The molecule has 0 radical (unpaired) electrons. The van der Waals surface area contributed by atoms with Crippen LogP contribution >= 0.6 is 0 Å². The van der Waals surface area contributed by atoms with E-state index in [4.69, 9.17) is 5.26 Å². The van der Waals surface area contributed by atoms with Gasteiger partial charge in [0.05, 0.1) is 11.5 Å². The lowest BCUT2D eigenvalue weighted by molar-refractivity contribution is 0.685. The summed E-state index contributed by atoms with van der Waals surface area (Å²) >= 11 is 0. The van der Waals surface area contributed by atoms with Gasteiger partial charge in [-0.1, -0.05) is 42.5 Å². The summed E-state index contributed by atoms with van der Waals surface area (Å²) in [4.78, 5) is 0. The Hall–Kier alpha value is -1.55. The Morgan fingerprint density at radius 2 is 2.00 bits per heavy atom. The van der Waals surface area contributed by atoms with E-state index in [1.807, 2.05) is 18.2 Å². The fourth-order valence-electron chi connectivity index (χ4n) is 1.50. The topological polar surface area (TPSA) is 23.8 Å². The summed E-state index contributed by atoms with van der Waals surface area (Å²) in [5.74, 6) is 0. The molecule has 0 saturated heterocycles. The average molecular weight is 183 g/mol. The van der Waals surface area contributed by atoms with Gasteiger partial charge in [-0.15, -0.1) is 0 Å². The summed E-state index contributed by atoms with van der Waals surface area (Å²) in [5.41, 5.74) is 1.20. The summed E-state index contributed by atoms with van der Waals surface area (Å²) in [6, 6.07) is 12.6. The van der Waals surface area contributed by atoms with E-state index in [1.54, 1.807) is 0 Å². The second-order valence-electron chi connectivity index (χ2n) is 3.91. The van der Waals surface area contributed by atoms with E-state index in [-0.39, 0.29) is 5.41 Å². The molecule has 70 valence electrons. The highest BCUT2D eigenvalue weighted by atomic mass is 14.5. The summed E-state index contributed by atoms with van der Waals surface area (Å²) < 4.78 is 0. The van der Waals surface area contributed by atoms with Crippen LogP contribution in [0.5, 0.6) is 0 Å². The molecule has 1 nitrogen and oxygen atoms in total. The molecule has 14 heavy (non-hydrogen) atoms. The fraction of sp³-hybridized carbons (Fsp3) is 0.308. The number of rotatable bonds is 3. The summed E-state index contributed by atoms with van der Waals surface area (Å²) in [5, 5.41) is 8.87. The summed E-state index contributed by atoms with van der Waals surface area (Å²) in [6.45, 7) is 0. The lowest BCUT2D eigenvalue weighted by atomic mass is 10.0. The average Bonchev–Trinajstić information content (AvgIpc) is 3.00. The van der Waals surface area contributed by atoms with Gasteiger partial charge in [0.15, 0.2) is 0 Å². The minimum Gasteiger partial charge on any atom is -0.198 e. The molecule has 2 rings (SSSR count). The van der Waals surface area contributed by atoms with Crippen LogP contribution in [-0.4, -0.2) is 0 Å². The molecule has 0 aliphatic heterocycles. The van der Waals surface area contributed by atoms with Crippen molar-refractivity contribution in [3.8, 4) is 6.07 Å². The van der Waals surface area contributed by atoms with Crippen LogP contribution in [0, 0.1) is 16.7 Å². The zero-order valence-corrected chi connectivity index (χ0v) is 8.11. The van der Waals surface area contributed by atoms with Crippen LogP contribution in [0.1, 0.15) is 24.8 Å². The van der Waals surface area contributed by atoms with E-state index in [9.17, 15) is 0 Å². The number of hydrogen-bond acceptors (Lipinski definition) is 1. The molecule has 1 aliphatic rings. The molecular formula is C13H13N. The Bertz CT molecular complexity index is 366. The zero-order chi connectivity index (χ0) is 9.86. The quantitative estimate of drug-likeness (QED) is 0.704. The normalized spacial score (nSPS) is 17.9. The minimum absolute atomic E-state index is 0.00865. The van der Waals surface area contributed by atoms with Crippen molar-refractivity contribution in [1.82, 2.24) is 0 Å². The minimum atomic E-state index is -0.00865. The first-order valence-electron chi connectivity index (χ1n) is 4.98. The van der Waals surface area contributed by atoms with Crippen molar-refractivity contribution >= 4 is 6.08 Å². The SMILES string of the molecule is N#CC1(C/C=C/c2ccccc2)CC1. The third kappa shape index (κ3) is 2.03. The Morgan fingerprint density at radius 1 is 1.29 bits per heavy atom. The molecule has 1 saturated carbocycles. The highest BCUT2D eigenvalue weighted by Gasteiger charge is 2.41. The van der Waals surface area contributed by atoms with E-state index in [2.05, 4.69) is 30.4 Å². The smallest absolute Gasteiger partial charge is 0.0693 e. The molecule has 1 aromatic carbocycles. The largest absolute Gasteiger partial charge is 0.198 e. The summed E-state index contributed by atoms with van der Waals surface area (Å²) in [7, 11) is 0. The van der Waals surface area contributed by atoms with Gasteiger partial charge in [-0.25, -0.2) is 0 Å². The van der Waals surface area contributed by atoms with E-state index in [1.165, 1.54) is 5.56 Å². The Kier molecular flexibility index (Phi) is 2.37. The molecule has 0 atom stereocenters. The van der Waals surface area contributed by atoms with Crippen molar-refractivity contribution in [2.75, 3.05) is 0 Å². The van der Waals surface area contributed by atoms with Gasteiger partial charge < -0.3 is 0 Å². The highest BCUT2D eigenvalue weighted by molar-refractivity contribution is 5.49. The van der Waals surface area contributed by atoms with Gasteiger partial charge in [-0.2, -0.15) is 5.26 Å². The standard InChI is InChI=1S/C13H13N/c14-11-13(9-10-13)8-4-7-12-5-2-1-3-6-12/h1-7H,8-10H2/b7-4+. The lowest BCUT2D eigenvalue weighted by Crippen LogP contribution is -1.91. The Morgan fingerprint density at radius 3 is 2.57 bits per heavy atom. The van der Waals surface area contributed by atoms with Gasteiger partial charge in [-0.05, 0) is 24.8 Å². The number of hydrogen-bond donors (Lipinski definition) is 0. The molecule has 1 aliphatic carbocycles. The molecule has 1 aromatic rings. The molecule has 0 unspecified atom stereocenters. The Balaban J connectivity index is 1.93. The molecule has 0 N–H and O–H groups in total. The van der Waals surface area contributed by atoms with Crippen molar-refractivity contribution in [2.45, 2.75) is 19.3 Å². The molecule has 0 bridgehead atoms. The van der Waals surface area contributed by atoms with Gasteiger partial charge in [0.2, 0.25) is 0 Å². The first-order chi connectivity index (χ1) is 6.85. The maximum Gasteiger partial charge on any atom is 0.0693 e. The Labute approximate surface area is 84.7 Å². The third-order valence-corrected chi connectivity index (χ3v) is 2.71. The van der Waals surface area contributed by atoms with Crippen LogP contribution in [0.4, 0.5) is 0 Å². The maximum atomic E-state index is 8.87. The van der Waals surface area contributed by atoms with Crippen LogP contribution in [0.3, 0.4) is 0 Å². The van der Waals surface area contributed by atoms with Crippen molar-refractivity contribution in [3.63, 3.8) is 0 Å². The van der Waals surface area contributed by atoms with Crippen LogP contribution in [0.25, 0.3) is 6.08 Å². The van der Waals surface area contributed by atoms with E-state index in [0.717, 1.165) is 19.3 Å². The predicted octanol–water partition coefficient (Wildman–Crippen LogP) is 3.39. The van der Waals surface area contributed by atoms with Crippen LogP contribution in [-0.2, 0) is 0 Å². The van der Waals surface area contributed by atoms with Crippen LogP contribution in [0.15, 0.2) is 36.4 Å². The molecular weight excluding hydrogens is 170 g/mol. The molecule has 0 amide bonds. The molecule has 0 heterocycles. The fourth-order valence-corrected chi connectivity index (χ4v) is 1.50. The monoisotopic (exact) mass is 183 g/mol. The summed E-state index contributed by atoms with van der Waals surface area (Å²) in [6.07, 6.45) is 7.26. The van der Waals surface area contributed by atoms with Crippen molar-refractivity contribution in [3.05, 3.63) is 42.0 Å². The van der Waals surface area contributed by atoms with Crippen LogP contribution in [0.2, 0.25) is 0 Å². The van der Waals surface area contributed by atoms with Crippen molar-refractivity contribution < 1.29 is 0 Å². The zero-order valence-electron chi connectivity index (χ0n) is 8.11. The molecule has 1 heteroatoms. The van der Waals surface area contributed by atoms with E-state index < -0.39 is 0 Å². The second-order valence-corrected chi connectivity index (χ2v) is 3.91. The predicted molar refractivity (Wildman–Crippen MR) is 57.4 cm³/mol. The first kappa shape index (κ1) is 9.02. The number of allylic oxidation sites excluding steroid dienone is 1. The first-order valence-corrected chi connectivity index (χ1v) is 4.98. The number of nitriles is 1. The van der Waals surface area contributed by atoms with Gasteiger partial charge in [0, 0.05) is 0 Å². The van der Waals surface area contributed by atoms with Crippen LogP contribution < -0.4 is 0 Å². The van der Waals surface area contributed by atoms with Gasteiger partial charge in [0.1, 0.15) is 0 Å². The second kappa shape index (κ2) is 3.67. The van der Waals surface area contributed by atoms with E-state index >= 15 is 0 Å². The van der Waals surface area contributed by atoms with Gasteiger partial charge >= 0.3 is 0 Å². The van der Waals surface area contributed by atoms with Gasteiger partial charge in [-0.3, -0.25) is 0 Å². The van der Waals surface area contributed by atoms with E-state index in [0.29, 0.717) is 0 Å². The van der Waals surface area contributed by atoms with Crippen molar-refractivity contribution in [2.24, 2.45) is 5.41 Å². The van der Waals surface area contributed by atoms with Crippen molar-refractivity contribution in [1.29, 1.82) is 5.26 Å².